The summed E-state index contributed by atoms with van der Waals surface area (Å²) in [7, 11) is 2.02. The molecular weight excluding hydrogens is 258 g/mol. The fraction of sp³-hybridized carbons (Fsp3) is 0.500. The van der Waals surface area contributed by atoms with Gasteiger partial charge in [-0.25, -0.2) is 0 Å². The predicted octanol–water partition coefficient (Wildman–Crippen LogP) is 3.27. The molecule has 0 radical (unpaired) electrons. The highest BCUT2D eigenvalue weighted by Crippen LogP contribution is 2.11. The van der Waals surface area contributed by atoms with Gasteiger partial charge in [0.15, 0.2) is 0 Å². The Hall–Kier alpha value is -1.61. The highest BCUT2D eigenvalue weighted by Gasteiger charge is 2.09. The van der Waals surface area contributed by atoms with Crippen LogP contribution in [-0.2, 0) is 19.9 Å². The van der Waals surface area contributed by atoms with Crippen LogP contribution in [0.5, 0.6) is 0 Å². The Morgan fingerprint density at radius 2 is 1.81 bits per heavy atom. The third-order valence-corrected chi connectivity index (χ3v) is 4.07. The molecule has 0 spiro atoms. The SMILES string of the molecule is CCNC(CCc1ccc(C)cc1)CCc1ccnn1C. The van der Waals surface area contributed by atoms with Crippen molar-refractivity contribution in [1.82, 2.24) is 15.1 Å². The summed E-state index contributed by atoms with van der Waals surface area (Å²) in [4.78, 5) is 0. The number of nitrogens with zero attached hydrogens (tertiary/aromatic N) is 2. The zero-order valence-corrected chi connectivity index (χ0v) is 13.5. The first-order valence-electron chi connectivity index (χ1n) is 7.95. The summed E-state index contributed by atoms with van der Waals surface area (Å²) in [6.45, 7) is 5.35. The van der Waals surface area contributed by atoms with Crippen LogP contribution in [0.1, 0.15) is 36.6 Å². The van der Waals surface area contributed by atoms with E-state index in [-0.39, 0.29) is 0 Å². The van der Waals surface area contributed by atoms with Crippen molar-refractivity contribution in [2.45, 2.75) is 45.6 Å². The number of nitrogens with one attached hydrogen (secondary N) is 1. The summed E-state index contributed by atoms with van der Waals surface area (Å²) < 4.78 is 1.98. The molecule has 0 amide bonds. The van der Waals surface area contributed by atoms with Crippen LogP contribution in [0.3, 0.4) is 0 Å². The molecule has 0 fully saturated rings. The van der Waals surface area contributed by atoms with Gasteiger partial charge in [-0.05, 0) is 50.8 Å². The normalized spacial score (nSPS) is 12.5. The second-order valence-corrected chi connectivity index (χ2v) is 5.76. The van der Waals surface area contributed by atoms with Gasteiger partial charge in [-0.1, -0.05) is 36.8 Å². The topological polar surface area (TPSA) is 29.9 Å². The van der Waals surface area contributed by atoms with Crippen molar-refractivity contribution in [3.05, 3.63) is 53.3 Å². The van der Waals surface area contributed by atoms with E-state index in [1.807, 2.05) is 17.9 Å². The van der Waals surface area contributed by atoms with Gasteiger partial charge in [0.05, 0.1) is 0 Å². The van der Waals surface area contributed by atoms with Crippen molar-refractivity contribution in [2.24, 2.45) is 7.05 Å². The molecule has 0 saturated carbocycles. The number of aryl methyl sites for hydroxylation is 4. The fourth-order valence-electron chi connectivity index (χ4n) is 2.70. The lowest BCUT2D eigenvalue weighted by molar-refractivity contribution is 0.458. The quantitative estimate of drug-likeness (QED) is 0.806. The fourth-order valence-corrected chi connectivity index (χ4v) is 2.70. The van der Waals surface area contributed by atoms with Gasteiger partial charge in [0.25, 0.3) is 0 Å². The predicted molar refractivity (Wildman–Crippen MR) is 88.5 cm³/mol. The number of rotatable bonds is 8. The van der Waals surface area contributed by atoms with E-state index in [0.717, 1.165) is 19.4 Å². The van der Waals surface area contributed by atoms with Gasteiger partial charge in [0.1, 0.15) is 0 Å². The van der Waals surface area contributed by atoms with Gasteiger partial charge < -0.3 is 5.32 Å². The molecule has 21 heavy (non-hydrogen) atoms. The van der Waals surface area contributed by atoms with Crippen LogP contribution in [0.15, 0.2) is 36.5 Å². The molecule has 0 aliphatic heterocycles. The van der Waals surface area contributed by atoms with Gasteiger partial charge in [-0.2, -0.15) is 5.10 Å². The number of benzene rings is 1. The standard InChI is InChI=1S/C18H27N3/c1-4-19-17(11-12-18-13-14-20-21(18)3)10-9-16-7-5-15(2)6-8-16/h5-8,13-14,17,19H,4,9-12H2,1-3H3. The molecule has 1 aromatic heterocycles. The first-order chi connectivity index (χ1) is 10.2. The smallest absolute Gasteiger partial charge is 0.0492 e. The maximum Gasteiger partial charge on any atom is 0.0492 e. The molecule has 114 valence electrons. The van der Waals surface area contributed by atoms with Crippen LogP contribution >= 0.6 is 0 Å². The van der Waals surface area contributed by atoms with E-state index in [2.05, 4.69) is 54.6 Å². The lowest BCUT2D eigenvalue weighted by atomic mass is 10.00. The van der Waals surface area contributed by atoms with Gasteiger partial charge >= 0.3 is 0 Å². The Labute approximate surface area is 128 Å². The monoisotopic (exact) mass is 285 g/mol. The summed E-state index contributed by atoms with van der Waals surface area (Å²) in [5.74, 6) is 0. The molecule has 0 saturated heterocycles. The maximum absolute atomic E-state index is 4.24. The largest absolute Gasteiger partial charge is 0.314 e. The molecule has 2 rings (SSSR count). The van der Waals surface area contributed by atoms with Crippen molar-refractivity contribution < 1.29 is 0 Å². The lowest BCUT2D eigenvalue weighted by Crippen LogP contribution is -2.30. The first-order valence-corrected chi connectivity index (χ1v) is 7.95. The zero-order valence-electron chi connectivity index (χ0n) is 13.5. The van der Waals surface area contributed by atoms with Crippen LogP contribution in [-0.4, -0.2) is 22.4 Å². The Bertz CT molecular complexity index is 528. The van der Waals surface area contributed by atoms with Crippen LogP contribution in [0.2, 0.25) is 0 Å². The average Bonchev–Trinajstić information content (AvgIpc) is 2.89. The molecule has 0 aliphatic rings. The number of aromatic nitrogens is 2. The summed E-state index contributed by atoms with van der Waals surface area (Å²) in [6, 6.07) is 11.6. The second-order valence-electron chi connectivity index (χ2n) is 5.76. The van der Waals surface area contributed by atoms with Crippen molar-refractivity contribution in [1.29, 1.82) is 0 Å². The van der Waals surface area contributed by atoms with Gasteiger partial charge in [-0.15, -0.1) is 0 Å². The van der Waals surface area contributed by atoms with E-state index in [9.17, 15) is 0 Å². The molecule has 0 bridgehead atoms. The van der Waals surface area contributed by atoms with Crippen molar-refractivity contribution in [3.8, 4) is 0 Å². The first kappa shape index (κ1) is 15.8. The van der Waals surface area contributed by atoms with E-state index in [0.29, 0.717) is 6.04 Å². The number of hydrogen-bond acceptors (Lipinski definition) is 2. The van der Waals surface area contributed by atoms with E-state index in [4.69, 9.17) is 0 Å². The molecule has 3 nitrogen and oxygen atoms in total. The Morgan fingerprint density at radius 3 is 2.43 bits per heavy atom. The van der Waals surface area contributed by atoms with Crippen LogP contribution in [0.4, 0.5) is 0 Å². The minimum absolute atomic E-state index is 0.575. The van der Waals surface area contributed by atoms with Gasteiger partial charge in [0.2, 0.25) is 0 Å². The second kappa shape index (κ2) is 7.99. The van der Waals surface area contributed by atoms with Gasteiger partial charge in [-0.3, -0.25) is 4.68 Å². The van der Waals surface area contributed by atoms with Crippen LogP contribution in [0.25, 0.3) is 0 Å². The van der Waals surface area contributed by atoms with Crippen molar-refractivity contribution >= 4 is 0 Å². The summed E-state index contributed by atoms with van der Waals surface area (Å²) in [6.07, 6.45) is 6.46. The number of hydrogen-bond donors (Lipinski definition) is 1. The third kappa shape index (κ3) is 5.01. The third-order valence-electron chi connectivity index (χ3n) is 4.07. The molecular formula is C18H27N3. The average molecular weight is 285 g/mol. The minimum atomic E-state index is 0.575. The molecule has 1 unspecified atom stereocenters. The van der Waals surface area contributed by atoms with Crippen molar-refractivity contribution in [3.63, 3.8) is 0 Å². The Kier molecular flexibility index (Phi) is 6.00. The summed E-state index contributed by atoms with van der Waals surface area (Å²) in [5, 5.41) is 7.86. The lowest BCUT2D eigenvalue weighted by Gasteiger charge is -2.18. The minimum Gasteiger partial charge on any atom is -0.314 e. The molecule has 1 aromatic carbocycles. The van der Waals surface area contributed by atoms with E-state index in [1.54, 1.807) is 0 Å². The Morgan fingerprint density at radius 1 is 1.10 bits per heavy atom. The molecule has 0 aliphatic carbocycles. The van der Waals surface area contributed by atoms with Gasteiger partial charge in [0, 0.05) is 25.0 Å². The van der Waals surface area contributed by atoms with Crippen molar-refractivity contribution in [2.75, 3.05) is 6.54 Å². The Balaban J connectivity index is 1.83. The van der Waals surface area contributed by atoms with E-state index in [1.165, 1.54) is 29.7 Å². The maximum atomic E-state index is 4.24. The summed E-state index contributed by atoms with van der Waals surface area (Å²) >= 11 is 0. The van der Waals surface area contributed by atoms with E-state index >= 15 is 0 Å². The van der Waals surface area contributed by atoms with Crippen LogP contribution in [0, 0.1) is 6.92 Å². The molecule has 2 aromatic rings. The summed E-state index contributed by atoms with van der Waals surface area (Å²) in [5.41, 5.74) is 4.08. The van der Waals surface area contributed by atoms with Crippen LogP contribution < -0.4 is 5.32 Å². The highest BCUT2D eigenvalue weighted by molar-refractivity contribution is 5.21. The highest BCUT2D eigenvalue weighted by atomic mass is 15.2. The molecule has 3 heteroatoms. The molecule has 1 atom stereocenters. The van der Waals surface area contributed by atoms with E-state index < -0.39 is 0 Å². The zero-order chi connectivity index (χ0) is 15.1. The molecule has 1 heterocycles. The molecule has 1 N–H and O–H groups in total.